The first kappa shape index (κ1) is 21.6. The summed E-state index contributed by atoms with van der Waals surface area (Å²) < 4.78 is 32.4. The maximum absolute atomic E-state index is 12.8. The Balaban J connectivity index is 1.63. The third-order valence-corrected chi connectivity index (χ3v) is 7.15. The largest absolute Gasteiger partial charge is 0.494 e. The van der Waals surface area contributed by atoms with Crippen LogP contribution >= 0.6 is 11.6 Å². The van der Waals surface area contributed by atoms with E-state index in [9.17, 15) is 13.2 Å². The minimum Gasteiger partial charge on any atom is -0.494 e. The molecule has 0 spiro atoms. The van der Waals surface area contributed by atoms with Crippen molar-refractivity contribution in [3.05, 3.63) is 53.1 Å². The van der Waals surface area contributed by atoms with Gasteiger partial charge in [0.2, 0.25) is 15.9 Å². The number of carbonyl (C=O) groups excluding carboxylic acids is 1. The Labute approximate surface area is 176 Å². The number of nitrogens with zero attached hydrogens (tertiary/aromatic N) is 1. The molecule has 0 atom stereocenters. The van der Waals surface area contributed by atoms with Crippen LogP contribution in [-0.2, 0) is 21.2 Å². The van der Waals surface area contributed by atoms with Crippen molar-refractivity contribution < 1.29 is 17.9 Å². The van der Waals surface area contributed by atoms with Crippen molar-refractivity contribution in [1.29, 1.82) is 0 Å². The van der Waals surface area contributed by atoms with Crippen molar-refractivity contribution in [2.75, 3.05) is 25.0 Å². The van der Waals surface area contributed by atoms with Crippen LogP contribution in [0.1, 0.15) is 31.7 Å². The second-order valence-electron chi connectivity index (χ2n) is 6.88. The first-order valence-corrected chi connectivity index (χ1v) is 11.5. The van der Waals surface area contributed by atoms with Crippen molar-refractivity contribution in [3.8, 4) is 5.75 Å². The molecule has 1 fully saturated rings. The molecule has 1 amide bonds. The molecule has 3 rings (SSSR count). The SMILES string of the molecule is CCOc1ccc(CCC(=O)Nc2ccc(Cl)c(S(=O)(=O)N3CCCC3)c2)cc1. The number of halogens is 1. The summed E-state index contributed by atoms with van der Waals surface area (Å²) in [4.78, 5) is 12.4. The van der Waals surface area contributed by atoms with Crippen molar-refractivity contribution in [3.63, 3.8) is 0 Å². The predicted octanol–water partition coefficient (Wildman–Crippen LogP) is 4.09. The van der Waals surface area contributed by atoms with E-state index in [1.807, 2.05) is 31.2 Å². The van der Waals surface area contributed by atoms with Crippen molar-refractivity contribution in [2.45, 2.75) is 37.5 Å². The minimum absolute atomic E-state index is 0.0328. The van der Waals surface area contributed by atoms with Gasteiger partial charge in [-0.15, -0.1) is 0 Å². The fourth-order valence-corrected chi connectivity index (χ4v) is 5.26. The Morgan fingerprint density at radius 2 is 1.83 bits per heavy atom. The highest BCUT2D eigenvalue weighted by atomic mass is 35.5. The highest BCUT2D eigenvalue weighted by Gasteiger charge is 2.29. The zero-order valence-electron chi connectivity index (χ0n) is 16.4. The number of amides is 1. The number of anilines is 1. The Morgan fingerprint density at radius 1 is 1.14 bits per heavy atom. The smallest absolute Gasteiger partial charge is 0.244 e. The molecular weight excluding hydrogens is 412 g/mol. The van der Waals surface area contributed by atoms with E-state index in [1.54, 1.807) is 6.07 Å². The van der Waals surface area contributed by atoms with Crippen LogP contribution in [0.4, 0.5) is 5.69 Å². The number of hydrogen-bond acceptors (Lipinski definition) is 4. The van der Waals surface area contributed by atoms with Crippen molar-refractivity contribution >= 4 is 33.2 Å². The number of rotatable bonds is 8. The zero-order valence-corrected chi connectivity index (χ0v) is 17.9. The lowest BCUT2D eigenvalue weighted by molar-refractivity contribution is -0.116. The molecule has 1 heterocycles. The summed E-state index contributed by atoms with van der Waals surface area (Å²) in [6.07, 6.45) is 2.55. The molecule has 6 nitrogen and oxygen atoms in total. The second kappa shape index (κ2) is 9.61. The molecule has 0 saturated carbocycles. The second-order valence-corrected chi connectivity index (χ2v) is 9.20. The molecule has 0 bridgehead atoms. The first-order chi connectivity index (χ1) is 13.9. The summed E-state index contributed by atoms with van der Waals surface area (Å²) in [7, 11) is -3.65. The molecule has 0 radical (unpaired) electrons. The van der Waals surface area contributed by atoms with Gasteiger partial charge in [-0.2, -0.15) is 4.31 Å². The van der Waals surface area contributed by atoms with Crippen LogP contribution in [-0.4, -0.2) is 38.3 Å². The van der Waals surface area contributed by atoms with E-state index in [4.69, 9.17) is 16.3 Å². The maximum Gasteiger partial charge on any atom is 0.244 e. The Morgan fingerprint density at radius 3 is 2.48 bits per heavy atom. The summed E-state index contributed by atoms with van der Waals surface area (Å²) in [6, 6.07) is 12.2. The van der Waals surface area contributed by atoms with E-state index in [0.717, 1.165) is 24.2 Å². The van der Waals surface area contributed by atoms with E-state index in [-0.39, 0.29) is 22.2 Å². The van der Waals surface area contributed by atoms with E-state index >= 15 is 0 Å². The summed E-state index contributed by atoms with van der Waals surface area (Å²) in [5.41, 5.74) is 1.45. The van der Waals surface area contributed by atoms with Gasteiger partial charge in [0.25, 0.3) is 0 Å². The first-order valence-electron chi connectivity index (χ1n) is 9.71. The molecule has 156 valence electrons. The summed E-state index contributed by atoms with van der Waals surface area (Å²) >= 11 is 6.14. The normalized spacial score (nSPS) is 14.7. The van der Waals surface area contributed by atoms with E-state index in [0.29, 0.717) is 31.8 Å². The average Bonchev–Trinajstić information content (AvgIpc) is 3.25. The Bertz CT molecular complexity index is 955. The van der Waals surface area contributed by atoms with Gasteiger partial charge in [-0.25, -0.2) is 8.42 Å². The zero-order chi connectivity index (χ0) is 20.9. The molecule has 0 unspecified atom stereocenters. The Hall–Kier alpha value is -2.09. The van der Waals surface area contributed by atoms with Crippen LogP contribution in [0.25, 0.3) is 0 Å². The lowest BCUT2D eigenvalue weighted by atomic mass is 10.1. The number of nitrogens with one attached hydrogen (secondary N) is 1. The van der Waals surface area contributed by atoms with E-state index in [2.05, 4.69) is 5.32 Å². The molecule has 2 aromatic carbocycles. The summed E-state index contributed by atoms with van der Waals surface area (Å²) in [6.45, 7) is 3.53. The van der Waals surface area contributed by atoms with Crippen LogP contribution in [0, 0.1) is 0 Å². The summed E-state index contributed by atoms with van der Waals surface area (Å²) in [5.74, 6) is 0.610. The monoisotopic (exact) mass is 436 g/mol. The van der Waals surface area contributed by atoms with Crippen LogP contribution in [0.5, 0.6) is 5.75 Å². The van der Waals surface area contributed by atoms with Gasteiger partial charge in [-0.1, -0.05) is 23.7 Å². The van der Waals surface area contributed by atoms with Gasteiger partial charge in [0.15, 0.2) is 0 Å². The summed E-state index contributed by atoms with van der Waals surface area (Å²) in [5, 5.41) is 2.93. The number of sulfonamides is 1. The lowest BCUT2D eigenvalue weighted by Gasteiger charge is -2.17. The van der Waals surface area contributed by atoms with Gasteiger partial charge in [0.1, 0.15) is 10.6 Å². The molecule has 8 heteroatoms. The highest BCUT2D eigenvalue weighted by molar-refractivity contribution is 7.89. The fourth-order valence-electron chi connectivity index (χ4n) is 3.25. The van der Waals surface area contributed by atoms with Crippen LogP contribution in [0.3, 0.4) is 0 Å². The molecule has 0 aromatic heterocycles. The van der Waals surface area contributed by atoms with Gasteiger partial charge < -0.3 is 10.1 Å². The number of carbonyl (C=O) groups is 1. The standard InChI is InChI=1S/C21H25ClN2O4S/c1-2-28-18-9-5-16(6-10-18)7-12-21(25)23-17-8-11-19(22)20(15-17)29(26,27)24-13-3-4-14-24/h5-6,8-11,15H,2-4,7,12-14H2,1H3,(H,23,25). The third-order valence-electron chi connectivity index (χ3n) is 4.77. The Kier molecular flexibility index (Phi) is 7.16. The molecule has 1 saturated heterocycles. The molecule has 0 aliphatic carbocycles. The van der Waals surface area contributed by atoms with Gasteiger partial charge in [-0.05, 0) is 62.1 Å². The van der Waals surface area contributed by atoms with Crippen molar-refractivity contribution in [2.24, 2.45) is 0 Å². The van der Waals surface area contributed by atoms with Gasteiger partial charge in [-0.3, -0.25) is 4.79 Å². The molecule has 29 heavy (non-hydrogen) atoms. The minimum atomic E-state index is -3.65. The van der Waals surface area contributed by atoms with E-state index in [1.165, 1.54) is 16.4 Å². The van der Waals surface area contributed by atoms with Crippen LogP contribution in [0.15, 0.2) is 47.4 Å². The van der Waals surface area contributed by atoms with Crippen LogP contribution in [0.2, 0.25) is 5.02 Å². The molecule has 1 aliphatic rings. The number of benzene rings is 2. The van der Waals surface area contributed by atoms with Gasteiger partial charge >= 0.3 is 0 Å². The predicted molar refractivity (Wildman–Crippen MR) is 114 cm³/mol. The molecule has 1 aliphatic heterocycles. The van der Waals surface area contributed by atoms with Crippen LogP contribution < -0.4 is 10.1 Å². The van der Waals surface area contributed by atoms with Gasteiger partial charge in [0.05, 0.1) is 11.6 Å². The molecule has 2 aromatic rings. The average molecular weight is 437 g/mol. The third kappa shape index (κ3) is 5.50. The molecule has 1 N–H and O–H groups in total. The number of hydrogen-bond donors (Lipinski definition) is 1. The van der Waals surface area contributed by atoms with Crippen molar-refractivity contribution in [1.82, 2.24) is 4.31 Å². The fraction of sp³-hybridized carbons (Fsp3) is 0.381. The quantitative estimate of drug-likeness (QED) is 0.676. The van der Waals surface area contributed by atoms with Gasteiger partial charge in [0, 0.05) is 25.2 Å². The van der Waals surface area contributed by atoms with E-state index < -0.39 is 10.0 Å². The number of aryl methyl sites for hydroxylation is 1. The topological polar surface area (TPSA) is 75.7 Å². The molecular formula is C21H25ClN2O4S. The maximum atomic E-state index is 12.8. The highest BCUT2D eigenvalue weighted by Crippen LogP contribution is 2.29. The number of ether oxygens (including phenoxy) is 1. The lowest BCUT2D eigenvalue weighted by Crippen LogP contribution is -2.28.